The first-order valence-corrected chi connectivity index (χ1v) is 6.65. The summed E-state index contributed by atoms with van der Waals surface area (Å²) in [5, 5.41) is 3.17. The highest BCUT2D eigenvalue weighted by atomic mass is 32.1. The van der Waals surface area contributed by atoms with Crippen LogP contribution in [0.5, 0.6) is 0 Å². The number of nitrogens with two attached hydrogens (primary N) is 1. The molecule has 100 valence electrons. The van der Waals surface area contributed by atoms with Gasteiger partial charge in [0.15, 0.2) is 5.11 Å². The lowest BCUT2D eigenvalue weighted by Crippen LogP contribution is -2.18. The lowest BCUT2D eigenvalue weighted by molar-refractivity contribution is 1.09. The van der Waals surface area contributed by atoms with E-state index < -0.39 is 0 Å². The number of imidazole rings is 1. The minimum absolute atomic E-state index is 0.252. The first kappa shape index (κ1) is 12.6. The maximum atomic E-state index is 5.48. The Morgan fingerprint density at radius 3 is 2.85 bits per heavy atom. The van der Waals surface area contributed by atoms with Crippen LogP contribution in [0.15, 0.2) is 48.8 Å². The SMILES string of the molecule is Cc1cccc(-n2cnc3cc(NC(N)=S)ccc32)c1. The lowest BCUT2D eigenvalue weighted by Gasteiger charge is -2.06. The van der Waals surface area contributed by atoms with Crippen molar-refractivity contribution in [3.63, 3.8) is 0 Å². The largest absolute Gasteiger partial charge is 0.376 e. The molecule has 0 fully saturated rings. The van der Waals surface area contributed by atoms with Gasteiger partial charge in [-0.2, -0.15) is 0 Å². The van der Waals surface area contributed by atoms with Crippen LogP contribution in [0.3, 0.4) is 0 Å². The fourth-order valence-corrected chi connectivity index (χ4v) is 2.33. The normalized spacial score (nSPS) is 10.7. The van der Waals surface area contributed by atoms with E-state index in [-0.39, 0.29) is 5.11 Å². The summed E-state index contributed by atoms with van der Waals surface area (Å²) in [7, 11) is 0. The summed E-state index contributed by atoms with van der Waals surface area (Å²) in [4.78, 5) is 4.43. The van der Waals surface area contributed by atoms with Gasteiger partial charge < -0.3 is 11.1 Å². The first-order valence-electron chi connectivity index (χ1n) is 6.24. The number of hydrogen-bond acceptors (Lipinski definition) is 2. The molecule has 0 aliphatic heterocycles. The zero-order chi connectivity index (χ0) is 14.1. The van der Waals surface area contributed by atoms with E-state index in [9.17, 15) is 0 Å². The Kier molecular flexibility index (Phi) is 3.12. The van der Waals surface area contributed by atoms with Crippen molar-refractivity contribution in [1.29, 1.82) is 0 Å². The van der Waals surface area contributed by atoms with E-state index in [1.54, 1.807) is 0 Å². The topological polar surface area (TPSA) is 55.9 Å². The van der Waals surface area contributed by atoms with Gasteiger partial charge in [0, 0.05) is 11.4 Å². The van der Waals surface area contributed by atoms with Crippen molar-refractivity contribution in [2.45, 2.75) is 6.92 Å². The minimum atomic E-state index is 0.252. The van der Waals surface area contributed by atoms with Gasteiger partial charge in [-0.1, -0.05) is 12.1 Å². The van der Waals surface area contributed by atoms with Crippen molar-refractivity contribution in [2.75, 3.05) is 5.32 Å². The van der Waals surface area contributed by atoms with Gasteiger partial charge in [0.2, 0.25) is 0 Å². The van der Waals surface area contributed by atoms with Crippen LogP contribution in [-0.2, 0) is 0 Å². The molecule has 0 aliphatic rings. The molecule has 0 amide bonds. The lowest BCUT2D eigenvalue weighted by atomic mass is 10.2. The second-order valence-electron chi connectivity index (χ2n) is 4.65. The number of anilines is 1. The molecule has 0 bridgehead atoms. The number of aromatic nitrogens is 2. The maximum absolute atomic E-state index is 5.48. The third-order valence-corrected chi connectivity index (χ3v) is 3.20. The Labute approximate surface area is 122 Å². The van der Waals surface area contributed by atoms with Crippen molar-refractivity contribution in [1.82, 2.24) is 9.55 Å². The Morgan fingerprint density at radius 1 is 1.25 bits per heavy atom. The van der Waals surface area contributed by atoms with Crippen molar-refractivity contribution < 1.29 is 0 Å². The van der Waals surface area contributed by atoms with Gasteiger partial charge in [-0.05, 0) is 55.0 Å². The molecule has 3 rings (SSSR count). The van der Waals surface area contributed by atoms with Gasteiger partial charge in [0.25, 0.3) is 0 Å². The standard InChI is InChI=1S/C15H14N4S/c1-10-3-2-4-12(7-10)19-9-17-13-8-11(18-15(16)20)5-6-14(13)19/h2-9H,1H3,(H3,16,18,20). The molecule has 5 heteroatoms. The van der Waals surface area contributed by atoms with Gasteiger partial charge in [-0.15, -0.1) is 0 Å². The molecule has 4 nitrogen and oxygen atoms in total. The Bertz CT molecular complexity index is 791. The van der Waals surface area contributed by atoms with Gasteiger partial charge in [-0.25, -0.2) is 4.98 Å². The molecule has 1 aromatic heterocycles. The second kappa shape index (κ2) is 4.94. The maximum Gasteiger partial charge on any atom is 0.168 e. The van der Waals surface area contributed by atoms with Crippen LogP contribution >= 0.6 is 12.2 Å². The van der Waals surface area contributed by atoms with E-state index in [0.717, 1.165) is 22.4 Å². The summed E-state index contributed by atoms with van der Waals surface area (Å²) in [6.45, 7) is 2.08. The number of benzene rings is 2. The third kappa shape index (κ3) is 2.35. The Balaban J connectivity index is 2.08. The summed E-state index contributed by atoms with van der Waals surface area (Å²) in [6, 6.07) is 14.2. The van der Waals surface area contributed by atoms with E-state index >= 15 is 0 Å². The fraction of sp³-hybridized carbons (Fsp3) is 0.0667. The molecule has 20 heavy (non-hydrogen) atoms. The number of aryl methyl sites for hydroxylation is 1. The summed E-state index contributed by atoms with van der Waals surface area (Å²) in [6.07, 6.45) is 1.82. The average Bonchev–Trinajstić information content (AvgIpc) is 2.81. The molecular weight excluding hydrogens is 268 g/mol. The van der Waals surface area contributed by atoms with Gasteiger partial charge in [0.1, 0.15) is 6.33 Å². The number of thiocarbonyl (C=S) groups is 1. The van der Waals surface area contributed by atoms with Crippen molar-refractivity contribution >= 4 is 34.1 Å². The minimum Gasteiger partial charge on any atom is -0.376 e. The zero-order valence-electron chi connectivity index (χ0n) is 11.0. The average molecular weight is 282 g/mol. The highest BCUT2D eigenvalue weighted by molar-refractivity contribution is 7.80. The van der Waals surface area contributed by atoms with Crippen LogP contribution in [0.2, 0.25) is 0 Å². The molecule has 3 aromatic rings. The van der Waals surface area contributed by atoms with E-state index in [1.165, 1.54) is 5.56 Å². The van der Waals surface area contributed by atoms with Crippen LogP contribution in [0.25, 0.3) is 16.7 Å². The fourth-order valence-electron chi connectivity index (χ4n) is 2.22. The molecule has 0 unspecified atom stereocenters. The molecule has 0 aliphatic carbocycles. The summed E-state index contributed by atoms with van der Waals surface area (Å²) >= 11 is 4.84. The number of nitrogens with one attached hydrogen (secondary N) is 1. The van der Waals surface area contributed by atoms with E-state index in [0.29, 0.717) is 0 Å². The quantitative estimate of drug-likeness (QED) is 0.709. The summed E-state index contributed by atoms with van der Waals surface area (Å²) in [5.74, 6) is 0. The van der Waals surface area contributed by atoms with Crippen molar-refractivity contribution in [2.24, 2.45) is 5.73 Å². The van der Waals surface area contributed by atoms with Crippen LogP contribution < -0.4 is 11.1 Å². The summed E-state index contributed by atoms with van der Waals surface area (Å²) < 4.78 is 2.06. The molecule has 1 heterocycles. The van der Waals surface area contributed by atoms with E-state index in [4.69, 9.17) is 18.0 Å². The number of rotatable bonds is 2. The second-order valence-corrected chi connectivity index (χ2v) is 5.09. The summed E-state index contributed by atoms with van der Waals surface area (Å²) in [5.41, 5.74) is 10.6. The molecule has 2 aromatic carbocycles. The highest BCUT2D eigenvalue weighted by Crippen LogP contribution is 2.22. The van der Waals surface area contributed by atoms with Crippen LogP contribution in [0.4, 0.5) is 5.69 Å². The van der Waals surface area contributed by atoms with Gasteiger partial charge >= 0.3 is 0 Å². The Hall–Kier alpha value is -2.40. The van der Waals surface area contributed by atoms with Crippen LogP contribution in [0.1, 0.15) is 5.56 Å². The molecule has 0 saturated heterocycles. The molecule has 0 atom stereocenters. The van der Waals surface area contributed by atoms with Gasteiger partial charge in [-0.3, -0.25) is 4.57 Å². The number of fused-ring (bicyclic) bond motifs is 1. The van der Waals surface area contributed by atoms with Crippen LogP contribution in [-0.4, -0.2) is 14.7 Å². The van der Waals surface area contributed by atoms with Crippen LogP contribution in [0, 0.1) is 6.92 Å². The van der Waals surface area contributed by atoms with Gasteiger partial charge in [0.05, 0.1) is 11.0 Å². The molecule has 3 N–H and O–H groups in total. The zero-order valence-corrected chi connectivity index (χ0v) is 11.8. The monoisotopic (exact) mass is 282 g/mol. The predicted molar refractivity (Wildman–Crippen MR) is 86.2 cm³/mol. The smallest absolute Gasteiger partial charge is 0.168 e. The molecule has 0 spiro atoms. The first-order chi connectivity index (χ1) is 9.63. The predicted octanol–water partition coefficient (Wildman–Crippen LogP) is 2.99. The number of nitrogens with zero attached hydrogens (tertiary/aromatic N) is 2. The van der Waals surface area contributed by atoms with E-state index in [1.807, 2.05) is 30.6 Å². The van der Waals surface area contributed by atoms with Crippen molar-refractivity contribution in [3.05, 3.63) is 54.4 Å². The Morgan fingerprint density at radius 2 is 2.10 bits per heavy atom. The van der Waals surface area contributed by atoms with Crippen molar-refractivity contribution in [3.8, 4) is 5.69 Å². The highest BCUT2D eigenvalue weighted by Gasteiger charge is 2.06. The molecule has 0 saturated carbocycles. The van der Waals surface area contributed by atoms with E-state index in [2.05, 4.69) is 40.0 Å². The molecular formula is C15H14N4S. The third-order valence-electron chi connectivity index (χ3n) is 3.09. The number of hydrogen-bond donors (Lipinski definition) is 2. The molecule has 0 radical (unpaired) electrons.